The minimum atomic E-state index is -0.139. The van der Waals surface area contributed by atoms with Gasteiger partial charge in [-0.05, 0) is 36.2 Å². The highest BCUT2D eigenvalue weighted by atomic mass is 16.5. The Morgan fingerprint density at radius 2 is 2.05 bits per heavy atom. The molecule has 1 N–H and O–H groups in total. The fourth-order valence-corrected chi connectivity index (χ4v) is 2.03. The molecule has 0 atom stereocenters. The van der Waals surface area contributed by atoms with Crippen LogP contribution < -0.4 is 10.1 Å². The van der Waals surface area contributed by atoms with Gasteiger partial charge in [-0.2, -0.15) is 0 Å². The lowest BCUT2D eigenvalue weighted by molar-refractivity contribution is 0.102. The topological polar surface area (TPSA) is 38.3 Å². The predicted molar refractivity (Wildman–Crippen MR) is 85.9 cm³/mol. The minimum absolute atomic E-state index is 0.139. The maximum atomic E-state index is 12.3. The molecule has 0 aliphatic carbocycles. The third-order valence-corrected chi connectivity index (χ3v) is 3.11. The number of hydrogen-bond acceptors (Lipinski definition) is 2. The monoisotopic (exact) mass is 281 g/mol. The zero-order valence-corrected chi connectivity index (χ0v) is 12.1. The number of carbonyl (C=O) groups excluding carboxylic acids is 1. The van der Waals surface area contributed by atoms with Crippen LogP contribution >= 0.6 is 0 Å². The van der Waals surface area contributed by atoms with Crippen molar-refractivity contribution in [3.63, 3.8) is 0 Å². The highest BCUT2D eigenvalue weighted by molar-refractivity contribution is 6.04. The summed E-state index contributed by atoms with van der Waals surface area (Å²) in [5.74, 6) is 0.520. The third-order valence-electron chi connectivity index (χ3n) is 3.11. The highest BCUT2D eigenvalue weighted by Gasteiger charge is 2.09. The van der Waals surface area contributed by atoms with E-state index in [1.807, 2.05) is 30.3 Å². The fourth-order valence-electron chi connectivity index (χ4n) is 2.03. The number of para-hydroxylation sites is 1. The van der Waals surface area contributed by atoms with E-state index in [4.69, 9.17) is 4.74 Å². The molecule has 0 saturated carbocycles. The molecule has 0 aliphatic rings. The van der Waals surface area contributed by atoms with E-state index in [0.29, 0.717) is 17.9 Å². The lowest BCUT2D eigenvalue weighted by Gasteiger charge is -2.10. The molecule has 3 nitrogen and oxygen atoms in total. The average molecular weight is 281 g/mol. The van der Waals surface area contributed by atoms with Gasteiger partial charge in [-0.25, -0.2) is 0 Å². The number of ether oxygens (including phenoxy) is 1. The molecule has 0 fully saturated rings. The molecule has 0 radical (unpaired) electrons. The van der Waals surface area contributed by atoms with Crippen molar-refractivity contribution in [1.82, 2.24) is 0 Å². The number of nitrogens with one attached hydrogen (secondary N) is 1. The molecule has 3 heteroatoms. The van der Waals surface area contributed by atoms with Gasteiger partial charge < -0.3 is 10.1 Å². The van der Waals surface area contributed by atoms with Crippen molar-refractivity contribution in [2.45, 2.75) is 13.3 Å². The SMILES string of the molecule is C=CCOc1cccc(C(=O)Nc2ccccc2CC)c1. The molecule has 108 valence electrons. The van der Waals surface area contributed by atoms with E-state index in [1.54, 1.807) is 24.3 Å². The Bertz CT molecular complexity index is 635. The Morgan fingerprint density at radius 3 is 2.81 bits per heavy atom. The zero-order valence-electron chi connectivity index (χ0n) is 12.1. The van der Waals surface area contributed by atoms with E-state index < -0.39 is 0 Å². The Hall–Kier alpha value is -2.55. The largest absolute Gasteiger partial charge is 0.490 e. The van der Waals surface area contributed by atoms with E-state index in [-0.39, 0.29) is 5.91 Å². The summed E-state index contributed by atoms with van der Waals surface area (Å²) in [5.41, 5.74) is 2.54. The Morgan fingerprint density at radius 1 is 1.24 bits per heavy atom. The van der Waals surface area contributed by atoms with Crippen LogP contribution in [0, 0.1) is 0 Å². The van der Waals surface area contributed by atoms with Crippen LogP contribution in [0.25, 0.3) is 0 Å². The van der Waals surface area contributed by atoms with Gasteiger partial charge in [0.25, 0.3) is 5.91 Å². The maximum absolute atomic E-state index is 12.3. The fraction of sp³-hybridized carbons (Fsp3) is 0.167. The molecule has 1 amide bonds. The van der Waals surface area contributed by atoms with Crippen LogP contribution in [-0.4, -0.2) is 12.5 Å². The predicted octanol–water partition coefficient (Wildman–Crippen LogP) is 4.07. The summed E-state index contributed by atoms with van der Waals surface area (Å²) in [7, 11) is 0. The first-order valence-electron chi connectivity index (χ1n) is 6.97. The molecule has 2 aromatic carbocycles. The van der Waals surface area contributed by atoms with Crippen LogP contribution in [-0.2, 0) is 6.42 Å². The van der Waals surface area contributed by atoms with Gasteiger partial charge in [-0.1, -0.05) is 43.8 Å². The van der Waals surface area contributed by atoms with Gasteiger partial charge in [0.05, 0.1) is 0 Å². The second-order valence-corrected chi connectivity index (χ2v) is 4.59. The normalized spacial score (nSPS) is 9.95. The van der Waals surface area contributed by atoms with E-state index in [2.05, 4.69) is 18.8 Å². The van der Waals surface area contributed by atoms with Crippen molar-refractivity contribution in [1.29, 1.82) is 0 Å². The zero-order chi connectivity index (χ0) is 15.1. The second kappa shape index (κ2) is 7.29. The molecule has 0 spiro atoms. The quantitative estimate of drug-likeness (QED) is 0.811. The van der Waals surface area contributed by atoms with Gasteiger partial charge >= 0.3 is 0 Å². The van der Waals surface area contributed by atoms with Crippen molar-refractivity contribution in [2.24, 2.45) is 0 Å². The molecule has 0 saturated heterocycles. The molecular weight excluding hydrogens is 262 g/mol. The number of carbonyl (C=O) groups is 1. The van der Waals surface area contributed by atoms with Crippen molar-refractivity contribution in [3.8, 4) is 5.75 Å². The lowest BCUT2D eigenvalue weighted by Crippen LogP contribution is -2.13. The first kappa shape index (κ1) is 14.9. The lowest BCUT2D eigenvalue weighted by atomic mass is 10.1. The molecule has 0 bridgehead atoms. The Balaban J connectivity index is 2.14. The first-order valence-corrected chi connectivity index (χ1v) is 6.97. The third kappa shape index (κ3) is 3.96. The number of amides is 1. The maximum Gasteiger partial charge on any atom is 0.255 e. The van der Waals surface area contributed by atoms with Crippen LogP contribution in [0.15, 0.2) is 61.2 Å². The van der Waals surface area contributed by atoms with E-state index in [9.17, 15) is 4.79 Å². The first-order chi connectivity index (χ1) is 10.2. The highest BCUT2D eigenvalue weighted by Crippen LogP contribution is 2.18. The van der Waals surface area contributed by atoms with Crippen molar-refractivity contribution >= 4 is 11.6 Å². The van der Waals surface area contributed by atoms with Crippen LogP contribution in [0.2, 0.25) is 0 Å². The molecule has 0 heterocycles. The van der Waals surface area contributed by atoms with Gasteiger partial charge in [-0.3, -0.25) is 4.79 Å². The van der Waals surface area contributed by atoms with Crippen LogP contribution in [0.3, 0.4) is 0 Å². The molecular formula is C18H19NO2. The summed E-state index contributed by atoms with van der Waals surface area (Å²) in [6, 6.07) is 14.9. The molecule has 0 aromatic heterocycles. The summed E-state index contributed by atoms with van der Waals surface area (Å²) < 4.78 is 5.44. The van der Waals surface area contributed by atoms with Crippen molar-refractivity contribution < 1.29 is 9.53 Å². The average Bonchev–Trinajstić information content (AvgIpc) is 2.53. The summed E-state index contributed by atoms with van der Waals surface area (Å²) in [6.07, 6.45) is 2.54. The van der Waals surface area contributed by atoms with Crippen molar-refractivity contribution in [3.05, 3.63) is 72.3 Å². The molecule has 0 unspecified atom stereocenters. The van der Waals surface area contributed by atoms with Crippen LogP contribution in [0.5, 0.6) is 5.75 Å². The standard InChI is InChI=1S/C18H19NO2/c1-3-12-21-16-10-7-9-15(13-16)18(20)19-17-11-6-5-8-14(17)4-2/h3,5-11,13H,1,4,12H2,2H3,(H,19,20). The number of benzene rings is 2. The van der Waals surface area contributed by atoms with Gasteiger partial charge in [0, 0.05) is 11.3 Å². The molecule has 0 aliphatic heterocycles. The van der Waals surface area contributed by atoms with Gasteiger partial charge in [0.1, 0.15) is 12.4 Å². The van der Waals surface area contributed by atoms with Crippen LogP contribution in [0.1, 0.15) is 22.8 Å². The Kier molecular flexibility index (Phi) is 5.16. The van der Waals surface area contributed by atoms with Gasteiger partial charge in [0.2, 0.25) is 0 Å². The number of anilines is 1. The molecule has 21 heavy (non-hydrogen) atoms. The second-order valence-electron chi connectivity index (χ2n) is 4.59. The van der Waals surface area contributed by atoms with Crippen LogP contribution in [0.4, 0.5) is 5.69 Å². The summed E-state index contributed by atoms with van der Waals surface area (Å²) in [6.45, 7) is 6.09. The Labute approximate surface area is 125 Å². The summed E-state index contributed by atoms with van der Waals surface area (Å²) in [5, 5.41) is 2.95. The van der Waals surface area contributed by atoms with Crippen molar-refractivity contribution in [2.75, 3.05) is 11.9 Å². The molecule has 2 aromatic rings. The van der Waals surface area contributed by atoms with E-state index in [0.717, 1.165) is 17.7 Å². The van der Waals surface area contributed by atoms with E-state index >= 15 is 0 Å². The summed E-state index contributed by atoms with van der Waals surface area (Å²) >= 11 is 0. The number of aryl methyl sites for hydroxylation is 1. The molecule has 2 rings (SSSR count). The van der Waals surface area contributed by atoms with Gasteiger partial charge in [0.15, 0.2) is 0 Å². The smallest absolute Gasteiger partial charge is 0.255 e. The van der Waals surface area contributed by atoms with E-state index in [1.165, 1.54) is 0 Å². The number of rotatable bonds is 6. The minimum Gasteiger partial charge on any atom is -0.490 e. The summed E-state index contributed by atoms with van der Waals surface area (Å²) in [4.78, 5) is 12.3. The number of hydrogen-bond donors (Lipinski definition) is 1. The van der Waals surface area contributed by atoms with Gasteiger partial charge in [-0.15, -0.1) is 0 Å².